The second-order valence-electron chi connectivity index (χ2n) is 5.70. The van der Waals surface area contributed by atoms with Crippen LogP contribution in [0, 0.1) is 0 Å². The van der Waals surface area contributed by atoms with E-state index >= 15 is 0 Å². The zero-order valence-electron chi connectivity index (χ0n) is 13.3. The molecule has 2 aromatic heterocycles. The van der Waals surface area contributed by atoms with Crippen LogP contribution >= 0.6 is 0 Å². The lowest BCUT2D eigenvalue weighted by Crippen LogP contribution is -2.34. The van der Waals surface area contributed by atoms with Gasteiger partial charge in [-0.1, -0.05) is 0 Å². The first-order valence-corrected chi connectivity index (χ1v) is 7.63. The molecule has 0 aliphatic carbocycles. The minimum Gasteiger partial charge on any atom is -0.347 e. The van der Waals surface area contributed by atoms with E-state index in [1.807, 2.05) is 31.1 Å². The monoisotopic (exact) mass is 312 g/mol. The van der Waals surface area contributed by atoms with Gasteiger partial charge in [0, 0.05) is 39.2 Å². The molecule has 3 heterocycles. The van der Waals surface area contributed by atoms with Gasteiger partial charge in [0.15, 0.2) is 0 Å². The molecule has 2 aromatic rings. The molecule has 0 saturated carbocycles. The lowest BCUT2D eigenvalue weighted by Gasteiger charge is -2.25. The molecule has 0 bridgehead atoms. The van der Waals surface area contributed by atoms with E-state index in [1.54, 1.807) is 29.6 Å². The van der Waals surface area contributed by atoms with Gasteiger partial charge >= 0.3 is 6.03 Å². The molecule has 1 aliphatic rings. The van der Waals surface area contributed by atoms with Crippen molar-refractivity contribution >= 4 is 17.8 Å². The second-order valence-corrected chi connectivity index (χ2v) is 5.70. The minimum atomic E-state index is -0.132. The number of rotatable bonds is 3. The number of anilines is 2. The highest BCUT2D eigenvalue weighted by Crippen LogP contribution is 2.31. The summed E-state index contributed by atoms with van der Waals surface area (Å²) in [4.78, 5) is 28.8. The fourth-order valence-corrected chi connectivity index (χ4v) is 2.76. The molecule has 0 unspecified atom stereocenters. The Morgan fingerprint density at radius 1 is 1.26 bits per heavy atom. The van der Waals surface area contributed by atoms with E-state index in [1.165, 1.54) is 0 Å². The lowest BCUT2D eigenvalue weighted by molar-refractivity contribution is 0.207. The van der Waals surface area contributed by atoms with E-state index in [0.29, 0.717) is 11.8 Å². The molecular formula is C16H20N6O. The van der Waals surface area contributed by atoms with Gasteiger partial charge in [-0.05, 0) is 36.6 Å². The van der Waals surface area contributed by atoms with Crippen LogP contribution < -0.4 is 10.2 Å². The van der Waals surface area contributed by atoms with Gasteiger partial charge in [0.05, 0.1) is 6.04 Å². The van der Waals surface area contributed by atoms with E-state index in [9.17, 15) is 4.79 Å². The molecule has 1 aliphatic heterocycles. The summed E-state index contributed by atoms with van der Waals surface area (Å²) in [6.45, 7) is 0.741. The number of pyridine rings is 1. The van der Waals surface area contributed by atoms with Gasteiger partial charge < -0.3 is 9.80 Å². The van der Waals surface area contributed by atoms with E-state index in [2.05, 4.69) is 20.3 Å². The molecule has 0 radical (unpaired) electrons. The molecule has 2 amide bonds. The van der Waals surface area contributed by atoms with Crippen molar-refractivity contribution in [2.24, 2.45) is 0 Å². The van der Waals surface area contributed by atoms with Crippen LogP contribution in [0.4, 0.5) is 16.6 Å². The Labute approximate surface area is 135 Å². The largest absolute Gasteiger partial charge is 0.347 e. The van der Waals surface area contributed by atoms with Crippen molar-refractivity contribution in [2.45, 2.75) is 18.9 Å². The van der Waals surface area contributed by atoms with Crippen LogP contribution in [-0.4, -0.2) is 46.5 Å². The Hall–Kier alpha value is -2.70. The Bertz CT molecular complexity index is 675. The summed E-state index contributed by atoms with van der Waals surface area (Å²) < 4.78 is 0. The second kappa shape index (κ2) is 6.60. The molecule has 7 nitrogen and oxygen atoms in total. The van der Waals surface area contributed by atoms with Crippen LogP contribution in [0.5, 0.6) is 0 Å². The van der Waals surface area contributed by atoms with Crippen molar-refractivity contribution in [3.8, 4) is 0 Å². The van der Waals surface area contributed by atoms with Crippen LogP contribution in [0.25, 0.3) is 0 Å². The lowest BCUT2D eigenvalue weighted by atomic mass is 10.1. The molecule has 1 N–H and O–H groups in total. The Balaban J connectivity index is 1.74. The van der Waals surface area contributed by atoms with Gasteiger partial charge in [-0.3, -0.25) is 10.3 Å². The number of nitrogens with one attached hydrogen (secondary N) is 1. The van der Waals surface area contributed by atoms with Crippen molar-refractivity contribution in [1.29, 1.82) is 0 Å². The van der Waals surface area contributed by atoms with E-state index in [-0.39, 0.29) is 12.1 Å². The van der Waals surface area contributed by atoms with Crippen LogP contribution in [0.2, 0.25) is 0 Å². The molecule has 1 atom stereocenters. The predicted octanol–water partition coefficient (Wildman–Crippen LogP) is 2.31. The molecule has 7 heteroatoms. The molecule has 0 spiro atoms. The third-order valence-corrected chi connectivity index (χ3v) is 3.88. The fourth-order valence-electron chi connectivity index (χ4n) is 2.76. The average molecular weight is 312 g/mol. The number of urea groups is 1. The van der Waals surface area contributed by atoms with Gasteiger partial charge in [-0.15, -0.1) is 0 Å². The quantitative estimate of drug-likeness (QED) is 0.941. The van der Waals surface area contributed by atoms with Gasteiger partial charge in [-0.25, -0.2) is 9.78 Å². The highest BCUT2D eigenvalue weighted by atomic mass is 16.2. The summed E-state index contributed by atoms with van der Waals surface area (Å²) in [7, 11) is 3.72. The molecule has 120 valence electrons. The minimum absolute atomic E-state index is 0.0909. The highest BCUT2D eigenvalue weighted by molar-refractivity contribution is 5.88. The number of hydrogen-bond acceptors (Lipinski definition) is 5. The van der Waals surface area contributed by atoms with Gasteiger partial charge in [0.1, 0.15) is 5.82 Å². The third-order valence-electron chi connectivity index (χ3n) is 3.88. The summed E-state index contributed by atoms with van der Waals surface area (Å²) in [5.41, 5.74) is 1.12. The van der Waals surface area contributed by atoms with Crippen molar-refractivity contribution in [1.82, 2.24) is 19.9 Å². The SMILES string of the molecule is CN(C)c1nccc(NC(=O)N2CCC[C@H]2c2ccncc2)n1. The van der Waals surface area contributed by atoms with E-state index in [0.717, 1.165) is 24.9 Å². The van der Waals surface area contributed by atoms with Crippen molar-refractivity contribution < 1.29 is 4.79 Å². The van der Waals surface area contributed by atoms with Crippen LogP contribution in [-0.2, 0) is 0 Å². The zero-order chi connectivity index (χ0) is 16.2. The van der Waals surface area contributed by atoms with Crippen molar-refractivity contribution in [3.63, 3.8) is 0 Å². The fraction of sp³-hybridized carbons (Fsp3) is 0.375. The van der Waals surface area contributed by atoms with Crippen LogP contribution in [0.1, 0.15) is 24.4 Å². The average Bonchev–Trinajstić information content (AvgIpc) is 3.05. The molecular weight excluding hydrogens is 292 g/mol. The Morgan fingerprint density at radius 3 is 2.78 bits per heavy atom. The zero-order valence-corrected chi connectivity index (χ0v) is 13.3. The number of carbonyl (C=O) groups excluding carboxylic acids is 1. The summed E-state index contributed by atoms with van der Waals surface area (Å²) in [6, 6.07) is 5.58. The molecule has 1 fully saturated rings. The highest BCUT2D eigenvalue weighted by Gasteiger charge is 2.30. The molecule has 23 heavy (non-hydrogen) atoms. The number of nitrogens with zero attached hydrogens (tertiary/aromatic N) is 5. The number of likely N-dealkylation sites (tertiary alicyclic amines) is 1. The van der Waals surface area contributed by atoms with Crippen LogP contribution in [0.3, 0.4) is 0 Å². The summed E-state index contributed by atoms with van der Waals surface area (Å²) in [6.07, 6.45) is 7.12. The maximum Gasteiger partial charge on any atom is 0.323 e. The van der Waals surface area contributed by atoms with Gasteiger partial charge in [0.25, 0.3) is 0 Å². The summed E-state index contributed by atoms with van der Waals surface area (Å²) in [5, 5.41) is 2.87. The topological polar surface area (TPSA) is 74.2 Å². The predicted molar refractivity (Wildman–Crippen MR) is 88.3 cm³/mol. The normalized spacial score (nSPS) is 17.1. The maximum atomic E-state index is 12.6. The number of hydrogen-bond donors (Lipinski definition) is 1. The number of amides is 2. The molecule has 1 saturated heterocycles. The first-order valence-electron chi connectivity index (χ1n) is 7.63. The third kappa shape index (κ3) is 3.39. The first kappa shape index (κ1) is 15.2. The van der Waals surface area contributed by atoms with Gasteiger partial charge in [0.2, 0.25) is 5.95 Å². The van der Waals surface area contributed by atoms with E-state index in [4.69, 9.17) is 0 Å². The standard InChI is InChI=1S/C16H20N6O/c1-21(2)15-18-10-7-14(19-15)20-16(23)22-11-3-4-13(22)12-5-8-17-9-6-12/h5-10,13H,3-4,11H2,1-2H3,(H,18,19,20,23)/t13-/m0/s1. The van der Waals surface area contributed by atoms with E-state index < -0.39 is 0 Å². The molecule has 0 aromatic carbocycles. The summed E-state index contributed by atoms with van der Waals surface area (Å²) >= 11 is 0. The summed E-state index contributed by atoms with van der Waals surface area (Å²) in [5.74, 6) is 1.07. The van der Waals surface area contributed by atoms with Gasteiger partial charge in [-0.2, -0.15) is 4.98 Å². The maximum absolute atomic E-state index is 12.6. The smallest absolute Gasteiger partial charge is 0.323 e. The van der Waals surface area contributed by atoms with Crippen LogP contribution in [0.15, 0.2) is 36.8 Å². The van der Waals surface area contributed by atoms with Crippen molar-refractivity contribution in [2.75, 3.05) is 30.9 Å². The Morgan fingerprint density at radius 2 is 2.04 bits per heavy atom. The number of aromatic nitrogens is 3. The Kier molecular flexibility index (Phi) is 4.36. The molecule has 3 rings (SSSR count). The number of carbonyl (C=O) groups is 1. The van der Waals surface area contributed by atoms with Crippen molar-refractivity contribution in [3.05, 3.63) is 42.4 Å². The first-order chi connectivity index (χ1) is 11.1.